The second-order valence-electron chi connectivity index (χ2n) is 8.98. The summed E-state index contributed by atoms with van der Waals surface area (Å²) in [5.41, 5.74) is 0.922. The Morgan fingerprint density at radius 2 is 1.76 bits per heavy atom. The lowest BCUT2D eigenvalue weighted by atomic mass is 9.45. The van der Waals surface area contributed by atoms with Crippen LogP contribution in [-0.2, 0) is 4.79 Å². The van der Waals surface area contributed by atoms with E-state index >= 15 is 0 Å². The van der Waals surface area contributed by atoms with Gasteiger partial charge in [-0.2, -0.15) is 0 Å². The van der Waals surface area contributed by atoms with Crippen LogP contribution in [0.5, 0.6) is 0 Å². The molecule has 0 N–H and O–H groups in total. The standard InChI is InChI=1S/C19H29IO/c1-18-9-4-3-5-12(18)6-7-13-14(18)8-10-19(2)15(13)11-16(21)17(19)20/h12-15,17H,3-11H2,1-2H3/t12-,13+,14-,15-,17-,18+,19+/m1/s1. The van der Waals surface area contributed by atoms with Gasteiger partial charge in [0.15, 0.2) is 0 Å². The van der Waals surface area contributed by atoms with Gasteiger partial charge in [-0.05, 0) is 73.0 Å². The summed E-state index contributed by atoms with van der Waals surface area (Å²) in [6, 6.07) is 0. The van der Waals surface area contributed by atoms with Gasteiger partial charge in [0.05, 0.1) is 3.92 Å². The summed E-state index contributed by atoms with van der Waals surface area (Å²) in [4.78, 5) is 12.4. The number of ketones is 1. The van der Waals surface area contributed by atoms with Crippen molar-refractivity contribution in [3.05, 3.63) is 0 Å². The van der Waals surface area contributed by atoms with E-state index in [-0.39, 0.29) is 3.92 Å². The van der Waals surface area contributed by atoms with Crippen LogP contribution in [0.1, 0.15) is 71.6 Å². The Bertz CT molecular complexity index is 460. The fourth-order valence-electron chi connectivity index (χ4n) is 7.03. The van der Waals surface area contributed by atoms with E-state index in [0.29, 0.717) is 22.5 Å². The van der Waals surface area contributed by atoms with Crippen molar-refractivity contribution in [1.82, 2.24) is 0 Å². The van der Waals surface area contributed by atoms with Gasteiger partial charge in [-0.3, -0.25) is 4.79 Å². The van der Waals surface area contributed by atoms with E-state index in [0.717, 1.165) is 24.2 Å². The maximum Gasteiger partial charge on any atom is 0.146 e. The van der Waals surface area contributed by atoms with Crippen molar-refractivity contribution in [2.75, 3.05) is 0 Å². The molecule has 4 rings (SSSR count). The topological polar surface area (TPSA) is 17.1 Å². The van der Waals surface area contributed by atoms with E-state index in [1.807, 2.05) is 0 Å². The second kappa shape index (κ2) is 4.95. The first kappa shape index (κ1) is 15.0. The van der Waals surface area contributed by atoms with E-state index < -0.39 is 0 Å². The van der Waals surface area contributed by atoms with Gasteiger partial charge in [0.1, 0.15) is 5.78 Å². The fraction of sp³-hybridized carbons (Fsp3) is 0.947. The van der Waals surface area contributed by atoms with Gasteiger partial charge in [-0.25, -0.2) is 0 Å². The van der Waals surface area contributed by atoms with Crippen molar-refractivity contribution in [2.24, 2.45) is 34.5 Å². The van der Waals surface area contributed by atoms with Gasteiger partial charge in [-0.1, -0.05) is 49.3 Å². The third-order valence-electron chi connectivity index (χ3n) is 8.30. The number of carbonyl (C=O) groups is 1. The average molecular weight is 400 g/mol. The monoisotopic (exact) mass is 400 g/mol. The van der Waals surface area contributed by atoms with E-state index in [1.165, 1.54) is 51.4 Å². The molecule has 0 unspecified atom stereocenters. The molecule has 4 fully saturated rings. The van der Waals surface area contributed by atoms with Crippen LogP contribution in [0.3, 0.4) is 0 Å². The molecule has 0 aromatic heterocycles. The van der Waals surface area contributed by atoms with Crippen LogP contribution >= 0.6 is 22.6 Å². The largest absolute Gasteiger partial charge is 0.298 e. The summed E-state index contributed by atoms with van der Waals surface area (Å²) in [5.74, 6) is 4.02. The molecular formula is C19H29IO. The second-order valence-corrected chi connectivity index (χ2v) is 10.2. The Hall–Kier alpha value is 0.400. The number of carbonyl (C=O) groups excluding carboxylic acids is 1. The van der Waals surface area contributed by atoms with Gasteiger partial charge in [0.2, 0.25) is 0 Å². The SMILES string of the molecule is C[C@]12CCCC[C@@H]1CC[C@H]1[C@H]2CC[C@]2(C)[C@H](I)C(=O)C[C@H]12. The van der Waals surface area contributed by atoms with Crippen LogP contribution in [0.4, 0.5) is 0 Å². The number of halogens is 1. The molecule has 4 aliphatic carbocycles. The molecule has 0 aromatic carbocycles. The van der Waals surface area contributed by atoms with Crippen molar-refractivity contribution in [3.63, 3.8) is 0 Å². The molecule has 1 nitrogen and oxygen atoms in total. The summed E-state index contributed by atoms with van der Waals surface area (Å²) in [6.45, 7) is 5.06. The molecule has 7 atom stereocenters. The Balaban J connectivity index is 1.67. The fourth-order valence-corrected chi connectivity index (χ4v) is 8.06. The normalized spacial score (nSPS) is 56.5. The maximum absolute atomic E-state index is 12.4. The molecule has 2 heteroatoms. The van der Waals surface area contributed by atoms with Crippen LogP contribution in [0.2, 0.25) is 0 Å². The maximum atomic E-state index is 12.4. The van der Waals surface area contributed by atoms with Crippen LogP contribution in [0.25, 0.3) is 0 Å². The number of Topliss-reactive ketones (excluding diaryl/α,β-unsaturated/α-hetero) is 1. The predicted molar refractivity (Wildman–Crippen MR) is 94.5 cm³/mol. The Morgan fingerprint density at radius 1 is 0.952 bits per heavy atom. The molecule has 0 heterocycles. The van der Waals surface area contributed by atoms with Crippen molar-refractivity contribution < 1.29 is 4.79 Å². The molecule has 0 bridgehead atoms. The summed E-state index contributed by atoms with van der Waals surface area (Å²) in [5, 5.41) is 0. The van der Waals surface area contributed by atoms with Gasteiger partial charge < -0.3 is 0 Å². The van der Waals surface area contributed by atoms with Gasteiger partial charge >= 0.3 is 0 Å². The van der Waals surface area contributed by atoms with Crippen LogP contribution < -0.4 is 0 Å². The van der Waals surface area contributed by atoms with Crippen LogP contribution in [-0.4, -0.2) is 9.71 Å². The molecule has 21 heavy (non-hydrogen) atoms. The molecular weight excluding hydrogens is 371 g/mol. The number of hydrogen-bond acceptors (Lipinski definition) is 1. The zero-order chi connectivity index (χ0) is 14.8. The van der Waals surface area contributed by atoms with Crippen molar-refractivity contribution >= 4 is 28.4 Å². The summed E-state index contributed by atoms with van der Waals surface area (Å²) < 4.78 is 0.290. The predicted octanol–water partition coefficient (Wildman–Crippen LogP) is 5.40. The van der Waals surface area contributed by atoms with Crippen LogP contribution in [0.15, 0.2) is 0 Å². The first-order valence-corrected chi connectivity index (χ1v) is 10.4. The minimum Gasteiger partial charge on any atom is -0.298 e. The number of hydrogen-bond donors (Lipinski definition) is 0. The molecule has 4 aliphatic rings. The molecule has 0 saturated heterocycles. The minimum absolute atomic E-state index is 0.290. The molecule has 4 saturated carbocycles. The molecule has 0 radical (unpaired) electrons. The lowest BCUT2D eigenvalue weighted by Crippen LogP contribution is -2.52. The van der Waals surface area contributed by atoms with Crippen molar-refractivity contribution in [3.8, 4) is 0 Å². The molecule has 0 spiro atoms. The van der Waals surface area contributed by atoms with Gasteiger partial charge in [0.25, 0.3) is 0 Å². The van der Waals surface area contributed by atoms with E-state index in [9.17, 15) is 4.79 Å². The third kappa shape index (κ3) is 1.96. The lowest BCUT2D eigenvalue weighted by Gasteiger charge is -2.60. The Labute approximate surface area is 143 Å². The Kier molecular flexibility index (Phi) is 3.52. The average Bonchev–Trinajstić information content (AvgIpc) is 2.70. The number of fused-ring (bicyclic) bond motifs is 5. The van der Waals surface area contributed by atoms with Crippen molar-refractivity contribution in [2.45, 2.75) is 75.6 Å². The smallest absolute Gasteiger partial charge is 0.146 e. The van der Waals surface area contributed by atoms with E-state index in [4.69, 9.17) is 0 Å². The zero-order valence-electron chi connectivity index (χ0n) is 13.5. The zero-order valence-corrected chi connectivity index (χ0v) is 15.7. The third-order valence-corrected chi connectivity index (χ3v) is 10.4. The number of rotatable bonds is 0. The first-order chi connectivity index (χ1) is 9.97. The molecule has 0 aromatic rings. The quantitative estimate of drug-likeness (QED) is 0.393. The van der Waals surface area contributed by atoms with Gasteiger partial charge in [-0.15, -0.1) is 0 Å². The first-order valence-electron chi connectivity index (χ1n) is 9.13. The highest BCUT2D eigenvalue weighted by Gasteiger charge is 2.61. The molecule has 0 aliphatic heterocycles. The highest BCUT2D eigenvalue weighted by molar-refractivity contribution is 14.1. The van der Waals surface area contributed by atoms with E-state index in [1.54, 1.807) is 0 Å². The summed E-state index contributed by atoms with van der Waals surface area (Å²) in [7, 11) is 0. The summed E-state index contributed by atoms with van der Waals surface area (Å²) >= 11 is 2.46. The minimum atomic E-state index is 0.290. The molecule has 118 valence electrons. The van der Waals surface area contributed by atoms with Crippen molar-refractivity contribution in [1.29, 1.82) is 0 Å². The number of alkyl halides is 1. The highest BCUT2D eigenvalue weighted by atomic mass is 127. The van der Waals surface area contributed by atoms with Crippen LogP contribution in [0, 0.1) is 34.5 Å². The summed E-state index contributed by atoms with van der Waals surface area (Å²) in [6.07, 6.45) is 12.3. The van der Waals surface area contributed by atoms with Gasteiger partial charge in [0, 0.05) is 6.42 Å². The van der Waals surface area contributed by atoms with E-state index in [2.05, 4.69) is 36.4 Å². The highest BCUT2D eigenvalue weighted by Crippen LogP contribution is 2.66. The Morgan fingerprint density at radius 3 is 2.57 bits per heavy atom. The lowest BCUT2D eigenvalue weighted by molar-refractivity contribution is -0.117. The molecule has 0 amide bonds.